The molecular weight excluding hydrogens is 510 g/mol. The van der Waals surface area contributed by atoms with Gasteiger partial charge in [0.1, 0.15) is 5.58 Å². The summed E-state index contributed by atoms with van der Waals surface area (Å²) in [4.78, 5) is 2.31. The van der Waals surface area contributed by atoms with E-state index in [0.717, 1.165) is 39.0 Å². The Balaban J connectivity index is 1.33. The summed E-state index contributed by atoms with van der Waals surface area (Å²) >= 11 is 0. The lowest BCUT2D eigenvalue weighted by Crippen LogP contribution is -2.10. The molecule has 2 heteroatoms. The van der Waals surface area contributed by atoms with E-state index in [-0.39, 0.29) is 0 Å². The number of anilines is 3. The molecule has 0 aliphatic carbocycles. The lowest BCUT2D eigenvalue weighted by atomic mass is 9.97. The van der Waals surface area contributed by atoms with Gasteiger partial charge in [-0.25, -0.2) is 0 Å². The topological polar surface area (TPSA) is 16.4 Å². The molecule has 0 bridgehead atoms. The van der Waals surface area contributed by atoms with Crippen molar-refractivity contribution in [3.8, 4) is 22.3 Å². The third-order valence-electron chi connectivity index (χ3n) is 8.06. The van der Waals surface area contributed by atoms with Crippen LogP contribution in [0.15, 0.2) is 168 Å². The van der Waals surface area contributed by atoms with Gasteiger partial charge in [-0.15, -0.1) is 0 Å². The van der Waals surface area contributed by atoms with Crippen LogP contribution in [-0.2, 0) is 0 Å². The van der Waals surface area contributed by atoms with Gasteiger partial charge in [0, 0.05) is 22.1 Å². The van der Waals surface area contributed by atoms with E-state index in [4.69, 9.17) is 4.42 Å². The molecule has 0 aliphatic rings. The van der Waals surface area contributed by atoms with Crippen LogP contribution in [0.3, 0.4) is 0 Å². The van der Waals surface area contributed by atoms with Gasteiger partial charge in [-0.3, -0.25) is 0 Å². The Bertz CT molecular complexity index is 2190. The predicted molar refractivity (Wildman–Crippen MR) is 177 cm³/mol. The highest BCUT2D eigenvalue weighted by Crippen LogP contribution is 2.43. The van der Waals surface area contributed by atoms with E-state index in [1.165, 1.54) is 33.0 Å². The fraction of sp³-hybridized carbons (Fsp3) is 0. The average molecular weight is 538 g/mol. The highest BCUT2D eigenvalue weighted by molar-refractivity contribution is 6.10. The Labute approximate surface area is 244 Å². The molecule has 0 saturated heterocycles. The van der Waals surface area contributed by atoms with Crippen LogP contribution in [0, 0.1) is 0 Å². The van der Waals surface area contributed by atoms with Gasteiger partial charge in [0.25, 0.3) is 0 Å². The standard InChI is InChI=1S/C40H27NO/c1-2-11-28(12-3-1)29-23-25-32(26-24-29)41(38-21-10-20-37-36-18-6-7-22-39(36)42-40(37)38)33-16-8-15-31(27-33)35-19-9-14-30-13-4-5-17-34(30)35/h1-27H. The zero-order chi connectivity index (χ0) is 27.9. The van der Waals surface area contributed by atoms with Crippen molar-refractivity contribution in [3.05, 3.63) is 164 Å². The fourth-order valence-electron chi connectivity index (χ4n) is 6.06. The SMILES string of the molecule is c1ccc(-c2ccc(N(c3cccc(-c4cccc5ccccc45)c3)c3cccc4c3oc3ccccc34)cc2)cc1. The maximum atomic E-state index is 6.53. The summed E-state index contributed by atoms with van der Waals surface area (Å²) in [5.74, 6) is 0. The lowest BCUT2D eigenvalue weighted by Gasteiger charge is -2.26. The summed E-state index contributed by atoms with van der Waals surface area (Å²) in [6.07, 6.45) is 0. The van der Waals surface area contributed by atoms with Crippen molar-refractivity contribution in [2.24, 2.45) is 0 Å². The van der Waals surface area contributed by atoms with Gasteiger partial charge >= 0.3 is 0 Å². The summed E-state index contributed by atoms with van der Waals surface area (Å²) in [6.45, 7) is 0. The first-order chi connectivity index (χ1) is 20.8. The van der Waals surface area contributed by atoms with Crippen LogP contribution in [-0.4, -0.2) is 0 Å². The minimum atomic E-state index is 0.876. The Kier molecular flexibility index (Phi) is 5.82. The summed E-state index contributed by atoms with van der Waals surface area (Å²) in [6, 6.07) is 57.9. The summed E-state index contributed by atoms with van der Waals surface area (Å²) in [5.41, 5.74) is 9.69. The van der Waals surface area contributed by atoms with Crippen LogP contribution in [0.5, 0.6) is 0 Å². The Morgan fingerprint density at radius 2 is 1.05 bits per heavy atom. The van der Waals surface area contributed by atoms with Crippen molar-refractivity contribution in [2.45, 2.75) is 0 Å². The number of fused-ring (bicyclic) bond motifs is 4. The zero-order valence-electron chi connectivity index (χ0n) is 22.9. The van der Waals surface area contributed by atoms with Crippen molar-refractivity contribution in [1.82, 2.24) is 0 Å². The van der Waals surface area contributed by atoms with Gasteiger partial charge < -0.3 is 9.32 Å². The molecule has 0 aliphatic heterocycles. The van der Waals surface area contributed by atoms with E-state index in [1.807, 2.05) is 12.1 Å². The molecule has 0 spiro atoms. The van der Waals surface area contributed by atoms with Crippen molar-refractivity contribution >= 4 is 49.8 Å². The molecule has 2 nitrogen and oxygen atoms in total. The summed E-state index contributed by atoms with van der Waals surface area (Å²) < 4.78 is 6.53. The second kappa shape index (κ2) is 10.1. The number of nitrogens with zero attached hydrogens (tertiary/aromatic N) is 1. The van der Waals surface area contributed by atoms with Crippen molar-refractivity contribution in [2.75, 3.05) is 4.90 Å². The smallest absolute Gasteiger partial charge is 0.159 e. The van der Waals surface area contributed by atoms with Gasteiger partial charge in [0.05, 0.1) is 5.69 Å². The van der Waals surface area contributed by atoms with E-state index in [2.05, 4.69) is 157 Å². The number of hydrogen-bond acceptors (Lipinski definition) is 2. The molecular formula is C40H27NO. The van der Waals surface area contributed by atoms with E-state index in [9.17, 15) is 0 Å². The van der Waals surface area contributed by atoms with Crippen molar-refractivity contribution in [1.29, 1.82) is 0 Å². The Morgan fingerprint density at radius 3 is 1.93 bits per heavy atom. The van der Waals surface area contributed by atoms with E-state index in [0.29, 0.717) is 0 Å². The minimum Gasteiger partial charge on any atom is -0.454 e. The average Bonchev–Trinajstić information content (AvgIpc) is 3.45. The predicted octanol–water partition coefficient (Wildman–Crippen LogP) is 11.5. The molecule has 8 aromatic rings. The molecule has 42 heavy (non-hydrogen) atoms. The second-order valence-electron chi connectivity index (χ2n) is 10.6. The highest BCUT2D eigenvalue weighted by atomic mass is 16.3. The zero-order valence-corrected chi connectivity index (χ0v) is 22.9. The normalized spacial score (nSPS) is 11.3. The Morgan fingerprint density at radius 1 is 0.405 bits per heavy atom. The first-order valence-electron chi connectivity index (χ1n) is 14.3. The van der Waals surface area contributed by atoms with Crippen LogP contribution in [0.4, 0.5) is 17.1 Å². The van der Waals surface area contributed by atoms with Crippen LogP contribution in [0.2, 0.25) is 0 Å². The van der Waals surface area contributed by atoms with Crippen LogP contribution in [0.25, 0.3) is 55.0 Å². The molecule has 0 unspecified atom stereocenters. The van der Waals surface area contributed by atoms with Crippen molar-refractivity contribution in [3.63, 3.8) is 0 Å². The maximum Gasteiger partial charge on any atom is 0.159 e. The number of rotatable bonds is 5. The second-order valence-corrected chi connectivity index (χ2v) is 10.6. The molecule has 1 heterocycles. The van der Waals surface area contributed by atoms with Crippen LogP contribution >= 0.6 is 0 Å². The number of benzene rings is 7. The molecule has 0 N–H and O–H groups in total. The molecule has 8 rings (SSSR count). The third-order valence-corrected chi connectivity index (χ3v) is 8.06. The van der Waals surface area contributed by atoms with Gasteiger partial charge in [0.2, 0.25) is 0 Å². The van der Waals surface area contributed by atoms with Crippen LogP contribution < -0.4 is 4.90 Å². The summed E-state index contributed by atoms with van der Waals surface area (Å²) in [5, 5.41) is 4.72. The number of para-hydroxylation sites is 2. The monoisotopic (exact) mass is 537 g/mol. The van der Waals surface area contributed by atoms with Gasteiger partial charge in [-0.05, 0) is 69.4 Å². The van der Waals surface area contributed by atoms with Gasteiger partial charge in [-0.2, -0.15) is 0 Å². The fourth-order valence-corrected chi connectivity index (χ4v) is 6.06. The number of furan rings is 1. The minimum absolute atomic E-state index is 0.876. The molecule has 198 valence electrons. The van der Waals surface area contributed by atoms with Crippen molar-refractivity contribution < 1.29 is 4.42 Å². The highest BCUT2D eigenvalue weighted by Gasteiger charge is 2.20. The lowest BCUT2D eigenvalue weighted by molar-refractivity contribution is 0.669. The van der Waals surface area contributed by atoms with Gasteiger partial charge in [-0.1, -0.05) is 127 Å². The molecule has 0 amide bonds. The first kappa shape index (κ1) is 24.2. The van der Waals surface area contributed by atoms with E-state index < -0.39 is 0 Å². The summed E-state index contributed by atoms with van der Waals surface area (Å²) in [7, 11) is 0. The number of hydrogen-bond donors (Lipinski definition) is 0. The molecule has 7 aromatic carbocycles. The molecule has 0 saturated carbocycles. The van der Waals surface area contributed by atoms with E-state index in [1.54, 1.807) is 0 Å². The van der Waals surface area contributed by atoms with Crippen LogP contribution in [0.1, 0.15) is 0 Å². The third kappa shape index (κ3) is 4.13. The maximum absolute atomic E-state index is 6.53. The molecule has 1 aromatic heterocycles. The molecule has 0 radical (unpaired) electrons. The molecule has 0 fully saturated rings. The Hall–Kier alpha value is -5.60. The van der Waals surface area contributed by atoms with E-state index >= 15 is 0 Å². The quantitative estimate of drug-likeness (QED) is 0.217. The molecule has 0 atom stereocenters. The first-order valence-corrected chi connectivity index (χ1v) is 14.3. The largest absolute Gasteiger partial charge is 0.454 e. The van der Waals surface area contributed by atoms with Gasteiger partial charge in [0.15, 0.2) is 5.58 Å².